The van der Waals surface area contributed by atoms with Gasteiger partial charge in [-0.05, 0) is 31.3 Å². The molecule has 0 spiro atoms. The first-order chi connectivity index (χ1) is 12.0. The molecule has 0 aromatic heterocycles. The van der Waals surface area contributed by atoms with Crippen LogP contribution >= 0.6 is 0 Å². The summed E-state index contributed by atoms with van der Waals surface area (Å²) >= 11 is 0. The van der Waals surface area contributed by atoms with Crippen molar-refractivity contribution in [1.82, 2.24) is 4.90 Å². The molecule has 0 radical (unpaired) electrons. The lowest BCUT2D eigenvalue weighted by atomic mass is 10.1. The number of carbonyl (C=O) groups is 2. The number of esters is 1. The quantitative estimate of drug-likeness (QED) is 0.161. The molecule has 5 heteroatoms. The molecule has 1 aliphatic heterocycles. The molecule has 0 aromatic carbocycles. The summed E-state index contributed by atoms with van der Waals surface area (Å²) in [4.78, 5) is 25.4. The Bertz CT molecular complexity index is 607. The van der Waals surface area contributed by atoms with Crippen LogP contribution in [0, 0.1) is 11.8 Å². The van der Waals surface area contributed by atoms with Crippen LogP contribution in [0.15, 0.2) is 36.1 Å². The van der Waals surface area contributed by atoms with Crippen molar-refractivity contribution in [1.29, 1.82) is 0 Å². The molecule has 25 heavy (non-hydrogen) atoms. The van der Waals surface area contributed by atoms with Gasteiger partial charge in [-0.1, -0.05) is 19.2 Å². The number of carbonyl (C=O) groups excluding carboxylic acids is 2. The Labute approximate surface area is 150 Å². The first-order valence-electron chi connectivity index (χ1n) is 8.45. The zero-order chi connectivity index (χ0) is 18.7. The van der Waals surface area contributed by atoms with Gasteiger partial charge in [-0.3, -0.25) is 4.79 Å². The average Bonchev–Trinajstić information content (AvgIpc) is 2.63. The third-order valence-electron chi connectivity index (χ3n) is 3.97. The maximum Gasteiger partial charge on any atom is 0.343 e. The number of hydrogen-bond donors (Lipinski definition) is 0. The number of amides is 1. The first kappa shape index (κ1) is 20.6. The van der Waals surface area contributed by atoms with Gasteiger partial charge in [0.15, 0.2) is 0 Å². The van der Waals surface area contributed by atoms with Crippen LogP contribution in [-0.4, -0.2) is 44.1 Å². The Hall–Kier alpha value is -2.48. The molecular weight excluding hydrogens is 318 g/mol. The number of nitrogens with zero attached hydrogens (tertiary/aromatic N) is 1. The molecule has 1 aliphatic rings. The standard InChI is InChI=1S/C20H27NO4/c1-16(17(2)24-3)12-9-7-5-6-8-10-14-21-15-11-13-18(19(21)22)20(23)25-4/h13H,1-2,6,8-12,14-15H2,3-4H3. The van der Waals surface area contributed by atoms with Crippen molar-refractivity contribution in [2.24, 2.45) is 0 Å². The van der Waals surface area contributed by atoms with Crippen LogP contribution in [0.3, 0.4) is 0 Å². The minimum absolute atomic E-state index is 0.145. The molecule has 0 saturated heterocycles. The van der Waals surface area contributed by atoms with Crippen molar-refractivity contribution in [2.75, 3.05) is 27.3 Å². The minimum atomic E-state index is -0.557. The third-order valence-corrected chi connectivity index (χ3v) is 3.97. The molecule has 0 atom stereocenters. The van der Waals surface area contributed by atoms with Gasteiger partial charge >= 0.3 is 5.97 Å². The number of ether oxygens (including phenoxy) is 2. The summed E-state index contributed by atoms with van der Waals surface area (Å²) in [7, 11) is 2.87. The van der Waals surface area contributed by atoms with Crippen LogP contribution in [0.25, 0.3) is 0 Å². The fourth-order valence-corrected chi connectivity index (χ4v) is 2.41. The van der Waals surface area contributed by atoms with E-state index in [2.05, 4.69) is 29.7 Å². The van der Waals surface area contributed by atoms with Crippen molar-refractivity contribution in [3.63, 3.8) is 0 Å². The molecule has 1 amide bonds. The zero-order valence-corrected chi connectivity index (χ0v) is 15.2. The average molecular weight is 345 g/mol. The molecule has 0 bridgehead atoms. The summed E-state index contributed by atoms with van der Waals surface area (Å²) in [5, 5.41) is 0. The molecular formula is C20H27NO4. The van der Waals surface area contributed by atoms with Gasteiger partial charge in [0.1, 0.15) is 11.3 Å². The Morgan fingerprint density at radius 1 is 1.20 bits per heavy atom. The number of methoxy groups -OCH3 is 2. The molecule has 5 nitrogen and oxygen atoms in total. The second-order valence-electron chi connectivity index (χ2n) is 5.73. The van der Waals surface area contributed by atoms with E-state index in [1.807, 2.05) is 0 Å². The van der Waals surface area contributed by atoms with E-state index in [0.29, 0.717) is 25.3 Å². The highest BCUT2D eigenvalue weighted by Crippen LogP contribution is 2.14. The predicted octanol–water partition coefficient (Wildman–Crippen LogP) is 2.99. The highest BCUT2D eigenvalue weighted by molar-refractivity contribution is 6.16. The Kier molecular flexibility index (Phi) is 9.16. The van der Waals surface area contributed by atoms with Crippen molar-refractivity contribution in [2.45, 2.75) is 38.5 Å². The highest BCUT2D eigenvalue weighted by Gasteiger charge is 2.26. The van der Waals surface area contributed by atoms with E-state index in [1.54, 1.807) is 18.1 Å². The van der Waals surface area contributed by atoms with Gasteiger partial charge in [0.25, 0.3) is 5.91 Å². The van der Waals surface area contributed by atoms with Crippen molar-refractivity contribution >= 4 is 11.9 Å². The second-order valence-corrected chi connectivity index (χ2v) is 5.73. The van der Waals surface area contributed by atoms with Crippen LogP contribution in [0.2, 0.25) is 0 Å². The number of rotatable bonds is 9. The van der Waals surface area contributed by atoms with Gasteiger partial charge in [-0.25, -0.2) is 4.79 Å². The summed E-state index contributed by atoms with van der Waals surface area (Å²) in [5.41, 5.74) is 1.02. The first-order valence-corrected chi connectivity index (χ1v) is 8.45. The van der Waals surface area contributed by atoms with Gasteiger partial charge in [-0.15, -0.1) is 11.8 Å². The molecule has 1 heterocycles. The molecule has 0 unspecified atom stereocenters. The predicted molar refractivity (Wildman–Crippen MR) is 97.4 cm³/mol. The van der Waals surface area contributed by atoms with Crippen LogP contribution in [-0.2, 0) is 19.1 Å². The lowest BCUT2D eigenvalue weighted by Gasteiger charge is -2.26. The third kappa shape index (κ3) is 6.88. The Morgan fingerprint density at radius 2 is 1.92 bits per heavy atom. The fraction of sp³-hybridized carbons (Fsp3) is 0.500. The van der Waals surface area contributed by atoms with Gasteiger partial charge in [0.05, 0.1) is 14.2 Å². The normalized spacial score (nSPS) is 13.4. The van der Waals surface area contributed by atoms with Crippen molar-refractivity contribution < 1.29 is 19.1 Å². The largest absolute Gasteiger partial charge is 0.497 e. The monoisotopic (exact) mass is 345 g/mol. The van der Waals surface area contributed by atoms with E-state index in [9.17, 15) is 9.59 Å². The van der Waals surface area contributed by atoms with E-state index >= 15 is 0 Å². The smallest absolute Gasteiger partial charge is 0.343 e. The van der Waals surface area contributed by atoms with Crippen molar-refractivity contribution in [3.05, 3.63) is 36.1 Å². The van der Waals surface area contributed by atoms with Gasteiger partial charge < -0.3 is 14.4 Å². The number of hydrogen-bond acceptors (Lipinski definition) is 4. The zero-order valence-electron chi connectivity index (χ0n) is 15.2. The van der Waals surface area contributed by atoms with Crippen molar-refractivity contribution in [3.8, 4) is 11.8 Å². The fourth-order valence-electron chi connectivity index (χ4n) is 2.41. The van der Waals surface area contributed by atoms with E-state index in [-0.39, 0.29) is 11.5 Å². The van der Waals surface area contributed by atoms with E-state index in [1.165, 1.54) is 7.11 Å². The van der Waals surface area contributed by atoms with E-state index < -0.39 is 5.97 Å². The lowest BCUT2D eigenvalue weighted by molar-refractivity contribution is -0.140. The Balaban J connectivity index is 2.22. The second kappa shape index (κ2) is 11.1. The minimum Gasteiger partial charge on any atom is -0.497 e. The van der Waals surface area contributed by atoms with Gasteiger partial charge in [0, 0.05) is 25.9 Å². The molecule has 1 rings (SSSR count). The van der Waals surface area contributed by atoms with Gasteiger partial charge in [0.2, 0.25) is 0 Å². The lowest BCUT2D eigenvalue weighted by Crippen LogP contribution is -2.38. The van der Waals surface area contributed by atoms with Gasteiger partial charge in [-0.2, -0.15) is 0 Å². The van der Waals surface area contributed by atoms with Crippen LogP contribution in [0.4, 0.5) is 0 Å². The maximum atomic E-state index is 12.2. The number of unbranched alkanes of at least 4 members (excludes halogenated alkanes) is 2. The summed E-state index contributed by atoms with van der Waals surface area (Å²) in [6.45, 7) is 8.93. The molecule has 0 aromatic rings. The molecule has 136 valence electrons. The van der Waals surface area contributed by atoms with Crippen LogP contribution in [0.1, 0.15) is 38.5 Å². The van der Waals surface area contributed by atoms with E-state index in [0.717, 1.165) is 37.7 Å². The van der Waals surface area contributed by atoms with E-state index in [4.69, 9.17) is 4.74 Å². The topological polar surface area (TPSA) is 55.8 Å². The SMILES string of the molecule is C=C(CCC#CCCCCN1CCC=C(C(=O)OC)C1=O)C(=C)OC. The molecule has 0 fully saturated rings. The molecule has 0 saturated carbocycles. The van der Waals surface area contributed by atoms with Crippen LogP contribution in [0.5, 0.6) is 0 Å². The summed E-state index contributed by atoms with van der Waals surface area (Å²) in [5.74, 6) is 6.06. The number of allylic oxidation sites excluding steroid dienone is 1. The summed E-state index contributed by atoms with van der Waals surface area (Å²) in [6, 6.07) is 0. The molecule has 0 aliphatic carbocycles. The maximum absolute atomic E-state index is 12.2. The summed E-state index contributed by atoms with van der Waals surface area (Å²) in [6.07, 6.45) is 6.40. The molecule has 0 N–H and O–H groups in total. The highest BCUT2D eigenvalue weighted by atomic mass is 16.5. The summed E-state index contributed by atoms with van der Waals surface area (Å²) < 4.78 is 9.65. The Morgan fingerprint density at radius 3 is 2.60 bits per heavy atom. The van der Waals surface area contributed by atoms with Crippen LogP contribution < -0.4 is 0 Å².